The molecule has 0 aliphatic carbocycles. The zero-order valence-corrected chi connectivity index (χ0v) is 19.3. The number of nitriles is 1. The quantitative estimate of drug-likeness (QED) is 0.139. The monoisotopic (exact) mass is 453 g/mol. The first-order valence-corrected chi connectivity index (χ1v) is 10.8. The van der Waals surface area contributed by atoms with Crippen LogP contribution in [0.4, 0.5) is 0 Å². The van der Waals surface area contributed by atoms with Crippen LogP contribution in [0, 0.1) is 11.3 Å². The number of benzene rings is 1. The van der Waals surface area contributed by atoms with Crippen molar-refractivity contribution in [2.24, 2.45) is 11.5 Å². The highest BCUT2D eigenvalue weighted by molar-refractivity contribution is 8.03. The largest absolute Gasteiger partial charge is 0.497 e. The first-order chi connectivity index (χ1) is 15.5. The molecule has 7 heteroatoms. The Labute approximate surface area is 194 Å². The predicted octanol–water partition coefficient (Wildman–Crippen LogP) is 5.16. The smallest absolute Gasteiger partial charge is 0.343 e. The Balaban J connectivity index is 0.000000649. The van der Waals surface area contributed by atoms with E-state index in [2.05, 4.69) is 0 Å². The SMILES string of the molecule is C\C=C/C(=C\C=C\OCc1ccccc1)C(/C)=C/N.N#C/C=C/CCS/C(=C\N)C(=O)O. The minimum Gasteiger partial charge on any atom is -0.497 e. The molecule has 0 bridgehead atoms. The van der Waals surface area contributed by atoms with Gasteiger partial charge in [-0.2, -0.15) is 5.26 Å². The van der Waals surface area contributed by atoms with Crippen LogP contribution in [0.15, 0.2) is 102 Å². The molecular formula is C25H31N3O3S. The number of hydrogen-bond acceptors (Lipinski definition) is 6. The fourth-order valence-corrected chi connectivity index (χ4v) is 2.76. The molecule has 170 valence electrons. The number of hydrogen-bond donors (Lipinski definition) is 3. The van der Waals surface area contributed by atoms with Gasteiger partial charge in [0.15, 0.2) is 0 Å². The Bertz CT molecular complexity index is 893. The summed E-state index contributed by atoms with van der Waals surface area (Å²) in [6.07, 6.45) is 15.9. The van der Waals surface area contributed by atoms with Crippen molar-refractivity contribution in [2.45, 2.75) is 26.9 Å². The zero-order chi connectivity index (χ0) is 24.0. The van der Waals surface area contributed by atoms with Gasteiger partial charge < -0.3 is 21.3 Å². The van der Waals surface area contributed by atoms with Gasteiger partial charge >= 0.3 is 5.97 Å². The lowest BCUT2D eigenvalue weighted by Gasteiger charge is -2.01. The maximum Gasteiger partial charge on any atom is 0.343 e. The molecule has 32 heavy (non-hydrogen) atoms. The summed E-state index contributed by atoms with van der Waals surface area (Å²) in [7, 11) is 0. The van der Waals surface area contributed by atoms with Crippen molar-refractivity contribution in [1.29, 1.82) is 5.26 Å². The van der Waals surface area contributed by atoms with Crippen LogP contribution in [0.25, 0.3) is 0 Å². The van der Waals surface area contributed by atoms with Crippen LogP contribution in [0.2, 0.25) is 0 Å². The van der Waals surface area contributed by atoms with E-state index < -0.39 is 5.97 Å². The van der Waals surface area contributed by atoms with E-state index in [1.807, 2.05) is 74.6 Å². The van der Waals surface area contributed by atoms with Crippen molar-refractivity contribution >= 4 is 17.7 Å². The van der Waals surface area contributed by atoms with Crippen molar-refractivity contribution in [3.63, 3.8) is 0 Å². The minimum absolute atomic E-state index is 0.130. The number of carboxylic acid groups (broad SMARTS) is 1. The molecule has 1 rings (SSSR count). The van der Waals surface area contributed by atoms with Gasteiger partial charge in [-0.15, -0.1) is 11.8 Å². The second-order valence-corrected chi connectivity index (χ2v) is 7.24. The molecule has 5 N–H and O–H groups in total. The summed E-state index contributed by atoms with van der Waals surface area (Å²) in [6.45, 7) is 4.54. The lowest BCUT2D eigenvalue weighted by atomic mass is 10.1. The number of aliphatic carboxylic acids is 1. The van der Waals surface area contributed by atoms with E-state index >= 15 is 0 Å². The molecule has 0 saturated carbocycles. The molecule has 1 aromatic rings. The number of rotatable bonds is 11. The molecule has 0 spiro atoms. The lowest BCUT2D eigenvalue weighted by molar-refractivity contribution is -0.131. The van der Waals surface area contributed by atoms with Gasteiger partial charge in [-0.1, -0.05) is 54.6 Å². The maximum absolute atomic E-state index is 10.4. The third-order valence-corrected chi connectivity index (χ3v) is 4.75. The Hall–Kier alpha value is -3.63. The van der Waals surface area contributed by atoms with Crippen LogP contribution in [0.5, 0.6) is 0 Å². The molecule has 0 atom stereocenters. The summed E-state index contributed by atoms with van der Waals surface area (Å²) in [5, 5.41) is 16.7. The Morgan fingerprint density at radius 3 is 2.53 bits per heavy atom. The number of carboxylic acids is 1. The fraction of sp³-hybridized carbons (Fsp3) is 0.200. The number of nitrogens with two attached hydrogens (primary N) is 2. The third-order valence-electron chi connectivity index (χ3n) is 3.69. The molecule has 0 radical (unpaired) electrons. The molecule has 0 aromatic heterocycles. The summed E-state index contributed by atoms with van der Waals surface area (Å²) in [6, 6.07) is 11.9. The average molecular weight is 454 g/mol. The molecule has 0 amide bonds. The number of carbonyl (C=O) groups is 1. The van der Waals surface area contributed by atoms with Crippen molar-refractivity contribution in [1.82, 2.24) is 0 Å². The van der Waals surface area contributed by atoms with Crippen LogP contribution >= 0.6 is 11.8 Å². The zero-order valence-electron chi connectivity index (χ0n) is 18.5. The molecule has 1 aromatic carbocycles. The summed E-state index contributed by atoms with van der Waals surface area (Å²) in [5.41, 5.74) is 13.9. The van der Waals surface area contributed by atoms with E-state index in [0.717, 1.165) is 34.7 Å². The average Bonchev–Trinajstić information content (AvgIpc) is 2.81. The van der Waals surface area contributed by atoms with Crippen molar-refractivity contribution < 1.29 is 14.6 Å². The van der Waals surface area contributed by atoms with E-state index in [1.165, 1.54) is 6.08 Å². The molecule has 0 unspecified atom stereocenters. The van der Waals surface area contributed by atoms with Crippen LogP contribution in [-0.4, -0.2) is 16.8 Å². The van der Waals surface area contributed by atoms with Crippen LogP contribution in [0.3, 0.4) is 0 Å². The van der Waals surface area contributed by atoms with E-state index in [-0.39, 0.29) is 4.91 Å². The lowest BCUT2D eigenvalue weighted by Crippen LogP contribution is -2.00. The fourth-order valence-electron chi connectivity index (χ4n) is 2.07. The van der Waals surface area contributed by atoms with E-state index in [0.29, 0.717) is 18.8 Å². The maximum atomic E-state index is 10.4. The molecule has 6 nitrogen and oxygen atoms in total. The van der Waals surface area contributed by atoms with Gasteiger partial charge in [-0.05, 0) is 49.3 Å². The van der Waals surface area contributed by atoms with Gasteiger partial charge in [0.2, 0.25) is 0 Å². The number of ether oxygens (including phenoxy) is 1. The Morgan fingerprint density at radius 2 is 1.97 bits per heavy atom. The first-order valence-electron chi connectivity index (χ1n) is 9.86. The molecule has 0 fully saturated rings. The second-order valence-electron chi connectivity index (χ2n) is 6.10. The summed E-state index contributed by atoms with van der Waals surface area (Å²) < 4.78 is 5.46. The minimum atomic E-state index is -1.02. The van der Waals surface area contributed by atoms with Crippen LogP contribution in [0.1, 0.15) is 25.8 Å². The van der Waals surface area contributed by atoms with Crippen molar-refractivity contribution in [3.8, 4) is 6.07 Å². The first kappa shape index (κ1) is 28.4. The number of thioether (sulfide) groups is 1. The van der Waals surface area contributed by atoms with Gasteiger partial charge in [0.05, 0.1) is 12.3 Å². The normalized spacial score (nSPS) is 12.6. The molecular weight excluding hydrogens is 422 g/mol. The predicted molar refractivity (Wildman–Crippen MR) is 133 cm³/mol. The van der Waals surface area contributed by atoms with Gasteiger partial charge in [0, 0.05) is 18.0 Å². The molecule has 0 heterocycles. The number of allylic oxidation sites excluding steroid dienone is 8. The number of nitrogens with zero attached hydrogens (tertiary/aromatic N) is 1. The second kappa shape index (κ2) is 19.3. The topological polar surface area (TPSA) is 122 Å². The molecule has 0 saturated heterocycles. The highest BCUT2D eigenvalue weighted by Gasteiger charge is 2.05. The standard InChI is InChI=1S/C17H21NO.C8H10N2O2S/c1-3-8-17(15(2)13-18)11-7-12-19-14-16-9-5-4-6-10-16;9-4-2-1-3-5-13-7(6-10)8(11)12/h3-13H,14,18H2,1-2H3;1-2,6H,3,5,10H2,(H,11,12)/b8-3-,12-7+,15-13+,17-11+;2-1+,7-6-. The molecule has 0 aliphatic heterocycles. The third kappa shape index (κ3) is 14.4. The van der Waals surface area contributed by atoms with Crippen molar-refractivity contribution in [2.75, 3.05) is 5.75 Å². The van der Waals surface area contributed by atoms with E-state index in [9.17, 15) is 4.79 Å². The Kier molecular flexibility index (Phi) is 17.1. The Morgan fingerprint density at radius 1 is 1.25 bits per heavy atom. The summed E-state index contributed by atoms with van der Waals surface area (Å²) >= 11 is 1.16. The van der Waals surface area contributed by atoms with Gasteiger partial charge in [0.1, 0.15) is 11.5 Å². The summed E-state index contributed by atoms with van der Waals surface area (Å²) in [4.78, 5) is 10.5. The van der Waals surface area contributed by atoms with Crippen molar-refractivity contribution in [3.05, 3.63) is 107 Å². The van der Waals surface area contributed by atoms with Gasteiger partial charge in [-0.25, -0.2) is 4.79 Å². The highest BCUT2D eigenvalue weighted by Crippen LogP contribution is 2.15. The highest BCUT2D eigenvalue weighted by atomic mass is 32.2. The van der Waals surface area contributed by atoms with E-state index in [4.69, 9.17) is 26.6 Å². The summed E-state index contributed by atoms with van der Waals surface area (Å²) in [5.74, 6) is -0.412. The van der Waals surface area contributed by atoms with Crippen LogP contribution < -0.4 is 11.5 Å². The van der Waals surface area contributed by atoms with E-state index in [1.54, 1.807) is 18.5 Å². The van der Waals surface area contributed by atoms with Gasteiger partial charge in [0.25, 0.3) is 0 Å². The molecule has 0 aliphatic rings. The van der Waals surface area contributed by atoms with Gasteiger partial charge in [-0.3, -0.25) is 0 Å². The van der Waals surface area contributed by atoms with Crippen LogP contribution in [-0.2, 0) is 16.1 Å².